The molecular weight excluding hydrogens is 434 g/mol. The van der Waals surface area contributed by atoms with E-state index in [1.165, 1.54) is 0 Å². The molecule has 0 spiro atoms. The number of aliphatic carboxylic acids is 1. The highest BCUT2D eigenvalue weighted by Gasteiger charge is 2.28. The number of anilines is 1. The highest BCUT2D eigenvalue weighted by molar-refractivity contribution is 5.70. The highest BCUT2D eigenvalue weighted by atomic mass is 16.5. The first-order chi connectivity index (χ1) is 16.3. The molecule has 0 aromatic carbocycles. The fourth-order valence-corrected chi connectivity index (χ4v) is 4.18. The molecule has 0 aliphatic heterocycles. The Morgan fingerprint density at radius 1 is 1.26 bits per heavy atom. The van der Waals surface area contributed by atoms with Gasteiger partial charge in [0.15, 0.2) is 0 Å². The third-order valence-corrected chi connectivity index (χ3v) is 6.17. The molecular formula is C24H31N7O3. The van der Waals surface area contributed by atoms with Crippen molar-refractivity contribution in [2.75, 3.05) is 5.32 Å². The van der Waals surface area contributed by atoms with Gasteiger partial charge in [-0.2, -0.15) is 0 Å². The Bertz CT molecular complexity index is 1160. The average Bonchev–Trinajstić information content (AvgIpc) is 3.19. The maximum absolute atomic E-state index is 11.3. The van der Waals surface area contributed by atoms with Gasteiger partial charge in [-0.3, -0.25) is 4.79 Å². The van der Waals surface area contributed by atoms with E-state index >= 15 is 0 Å². The summed E-state index contributed by atoms with van der Waals surface area (Å²) in [5, 5.41) is 21.1. The number of aryl methyl sites for hydroxylation is 2. The van der Waals surface area contributed by atoms with Crippen LogP contribution >= 0.6 is 0 Å². The number of rotatable bonds is 8. The molecule has 2 N–H and O–H groups in total. The third-order valence-electron chi connectivity index (χ3n) is 6.17. The lowest BCUT2D eigenvalue weighted by molar-refractivity contribution is -0.143. The van der Waals surface area contributed by atoms with Crippen LogP contribution in [-0.4, -0.2) is 47.1 Å². The van der Waals surface area contributed by atoms with Crippen LogP contribution < -0.4 is 10.1 Å². The van der Waals surface area contributed by atoms with Crippen LogP contribution in [0.2, 0.25) is 0 Å². The van der Waals surface area contributed by atoms with Gasteiger partial charge in [0.2, 0.25) is 5.95 Å². The third kappa shape index (κ3) is 5.32. The van der Waals surface area contributed by atoms with Crippen molar-refractivity contribution in [2.45, 2.75) is 65.0 Å². The Hall–Kier alpha value is -3.56. The van der Waals surface area contributed by atoms with E-state index in [4.69, 9.17) is 9.72 Å². The summed E-state index contributed by atoms with van der Waals surface area (Å²) in [7, 11) is 1.84. The zero-order valence-electron chi connectivity index (χ0n) is 20.0. The van der Waals surface area contributed by atoms with Crippen molar-refractivity contribution < 1.29 is 14.6 Å². The second-order valence-electron chi connectivity index (χ2n) is 9.04. The molecule has 3 heterocycles. The Morgan fingerprint density at radius 3 is 2.82 bits per heavy atom. The molecule has 0 radical (unpaired) electrons. The standard InChI is InChI=1S/C24H31N7O3/c1-14(2)18-10-11-25-24(28-18)26-13-20-22(29-30-31(20)4)19-8-9-21(15(3)27-19)34-17-7-5-6-16(12-17)23(32)33/h8-11,14,16-17H,5-7,12-13H2,1-4H3,(H,32,33)(H,25,26,28)/t16?,17-/m0/s1. The van der Waals surface area contributed by atoms with Crippen LogP contribution in [0.4, 0.5) is 5.95 Å². The zero-order chi connectivity index (χ0) is 24.2. The van der Waals surface area contributed by atoms with Crippen LogP contribution in [0.15, 0.2) is 24.4 Å². The van der Waals surface area contributed by atoms with E-state index < -0.39 is 5.97 Å². The molecule has 3 aromatic heterocycles. The van der Waals surface area contributed by atoms with Crippen LogP contribution in [0.5, 0.6) is 5.75 Å². The van der Waals surface area contributed by atoms with Gasteiger partial charge in [0.25, 0.3) is 0 Å². The molecule has 0 bridgehead atoms. The molecule has 1 unspecified atom stereocenters. The Balaban J connectivity index is 1.48. The predicted octanol–water partition coefficient (Wildman–Crippen LogP) is 3.73. The summed E-state index contributed by atoms with van der Waals surface area (Å²) in [5.74, 6) is 0.449. The lowest BCUT2D eigenvalue weighted by Gasteiger charge is -2.27. The molecule has 3 aromatic rings. The van der Waals surface area contributed by atoms with E-state index in [2.05, 4.69) is 39.4 Å². The lowest BCUT2D eigenvalue weighted by atomic mass is 9.87. The van der Waals surface area contributed by atoms with Crippen molar-refractivity contribution in [1.82, 2.24) is 29.9 Å². The summed E-state index contributed by atoms with van der Waals surface area (Å²) >= 11 is 0. The molecule has 0 amide bonds. The molecule has 180 valence electrons. The molecule has 2 atom stereocenters. The second-order valence-corrected chi connectivity index (χ2v) is 9.04. The van der Waals surface area contributed by atoms with Gasteiger partial charge >= 0.3 is 5.97 Å². The smallest absolute Gasteiger partial charge is 0.306 e. The van der Waals surface area contributed by atoms with Crippen molar-refractivity contribution in [3.63, 3.8) is 0 Å². The average molecular weight is 466 g/mol. The predicted molar refractivity (Wildman–Crippen MR) is 126 cm³/mol. The van der Waals surface area contributed by atoms with Gasteiger partial charge in [0.05, 0.1) is 35.6 Å². The SMILES string of the molecule is Cc1nc(-c2nnn(C)c2CNc2nccc(C(C)C)n2)ccc1O[C@H]1CCCC(C(=O)O)C1. The fraction of sp³-hybridized carbons (Fsp3) is 0.500. The maximum atomic E-state index is 11.3. The summed E-state index contributed by atoms with van der Waals surface area (Å²) in [6.07, 6.45) is 4.58. The zero-order valence-corrected chi connectivity index (χ0v) is 20.0. The van der Waals surface area contributed by atoms with Crippen LogP contribution in [0, 0.1) is 12.8 Å². The van der Waals surface area contributed by atoms with E-state index in [-0.39, 0.29) is 12.0 Å². The first-order valence-electron chi connectivity index (χ1n) is 11.6. The number of ether oxygens (including phenoxy) is 1. The van der Waals surface area contributed by atoms with Crippen molar-refractivity contribution in [3.8, 4) is 17.1 Å². The first kappa shape index (κ1) is 23.6. The number of carbonyl (C=O) groups is 1. The number of nitrogens with zero attached hydrogens (tertiary/aromatic N) is 6. The fourth-order valence-electron chi connectivity index (χ4n) is 4.18. The number of nitrogens with one attached hydrogen (secondary N) is 1. The minimum Gasteiger partial charge on any atom is -0.489 e. The monoisotopic (exact) mass is 465 g/mol. The molecule has 1 aliphatic carbocycles. The number of carboxylic acids is 1. The number of carboxylic acid groups (broad SMARTS) is 1. The van der Waals surface area contributed by atoms with Gasteiger partial charge in [-0.05, 0) is 56.7 Å². The van der Waals surface area contributed by atoms with Crippen molar-refractivity contribution >= 4 is 11.9 Å². The topological polar surface area (TPSA) is 128 Å². The molecule has 0 saturated heterocycles. The summed E-state index contributed by atoms with van der Waals surface area (Å²) < 4.78 is 7.85. The first-order valence-corrected chi connectivity index (χ1v) is 11.6. The van der Waals surface area contributed by atoms with E-state index in [1.807, 2.05) is 32.2 Å². The van der Waals surface area contributed by atoms with Gasteiger partial charge in [0.1, 0.15) is 11.4 Å². The van der Waals surface area contributed by atoms with E-state index in [0.717, 1.165) is 29.9 Å². The summed E-state index contributed by atoms with van der Waals surface area (Å²) in [5.41, 5.74) is 3.93. The van der Waals surface area contributed by atoms with E-state index in [9.17, 15) is 9.90 Å². The lowest BCUT2D eigenvalue weighted by Crippen LogP contribution is -2.29. The van der Waals surface area contributed by atoms with Crippen LogP contribution in [0.25, 0.3) is 11.4 Å². The normalized spacial score (nSPS) is 18.1. The summed E-state index contributed by atoms with van der Waals surface area (Å²) in [4.78, 5) is 24.9. The highest BCUT2D eigenvalue weighted by Crippen LogP contribution is 2.30. The minimum atomic E-state index is -0.747. The maximum Gasteiger partial charge on any atom is 0.306 e. The van der Waals surface area contributed by atoms with Crippen LogP contribution in [-0.2, 0) is 18.4 Å². The number of pyridine rings is 1. The van der Waals surface area contributed by atoms with Crippen molar-refractivity contribution in [1.29, 1.82) is 0 Å². The molecule has 34 heavy (non-hydrogen) atoms. The summed E-state index contributed by atoms with van der Waals surface area (Å²) in [6, 6.07) is 5.66. The molecule has 10 heteroatoms. The number of hydrogen-bond acceptors (Lipinski definition) is 8. The van der Waals surface area contributed by atoms with Gasteiger partial charge in [-0.25, -0.2) is 19.6 Å². The van der Waals surface area contributed by atoms with E-state index in [0.29, 0.717) is 48.4 Å². The summed E-state index contributed by atoms with van der Waals surface area (Å²) in [6.45, 7) is 6.51. The van der Waals surface area contributed by atoms with Crippen LogP contribution in [0.1, 0.15) is 62.5 Å². The molecule has 1 saturated carbocycles. The molecule has 10 nitrogen and oxygen atoms in total. The molecule has 1 aliphatic rings. The quantitative estimate of drug-likeness (QED) is 0.511. The molecule has 4 rings (SSSR count). The Labute approximate surface area is 198 Å². The largest absolute Gasteiger partial charge is 0.489 e. The van der Waals surface area contributed by atoms with Gasteiger partial charge in [-0.15, -0.1) is 5.10 Å². The number of hydrogen-bond donors (Lipinski definition) is 2. The Kier molecular flexibility index (Phi) is 7.04. The second kappa shape index (κ2) is 10.1. The van der Waals surface area contributed by atoms with Crippen molar-refractivity contribution in [3.05, 3.63) is 41.5 Å². The minimum absolute atomic E-state index is 0.112. The van der Waals surface area contributed by atoms with Crippen LogP contribution in [0.3, 0.4) is 0 Å². The Morgan fingerprint density at radius 2 is 2.09 bits per heavy atom. The molecule has 1 fully saturated rings. The van der Waals surface area contributed by atoms with Crippen molar-refractivity contribution in [2.24, 2.45) is 13.0 Å². The number of aromatic nitrogens is 6. The van der Waals surface area contributed by atoms with E-state index in [1.54, 1.807) is 10.9 Å². The van der Waals surface area contributed by atoms with Gasteiger partial charge < -0.3 is 15.2 Å². The van der Waals surface area contributed by atoms with Gasteiger partial charge in [-0.1, -0.05) is 19.1 Å². The van der Waals surface area contributed by atoms with Gasteiger partial charge in [0, 0.05) is 18.9 Å².